The number of rotatable bonds is 7. The molecule has 0 saturated carbocycles. The molecule has 0 bridgehead atoms. The number of nitrogens with zero attached hydrogens (tertiary/aromatic N) is 2. The van der Waals surface area contributed by atoms with Crippen molar-refractivity contribution in [1.82, 2.24) is 15.3 Å². The Morgan fingerprint density at radius 1 is 1.00 bits per heavy atom. The van der Waals surface area contributed by atoms with Gasteiger partial charge in [0.05, 0.1) is 7.11 Å². The van der Waals surface area contributed by atoms with Crippen LogP contribution in [-0.2, 0) is 6.54 Å². The lowest BCUT2D eigenvalue weighted by atomic mass is 10.1. The first-order chi connectivity index (χ1) is 15.6. The van der Waals surface area contributed by atoms with Crippen molar-refractivity contribution < 1.29 is 13.9 Å². The van der Waals surface area contributed by atoms with Crippen LogP contribution >= 0.6 is 0 Å². The number of hydrogen-bond donors (Lipinski definition) is 2. The molecule has 7 heteroatoms. The number of ether oxygens (including phenoxy) is 1. The van der Waals surface area contributed by atoms with Gasteiger partial charge in [-0.15, -0.1) is 0 Å². The van der Waals surface area contributed by atoms with Crippen molar-refractivity contribution in [2.24, 2.45) is 0 Å². The fourth-order valence-electron chi connectivity index (χ4n) is 3.08. The quantitative estimate of drug-likeness (QED) is 0.435. The SMILES string of the molecule is COc1ccc(CNC(=O)c2cccc(Nc3ccnc(-c4ccc(F)cc4)n3)c2)cc1. The number of methoxy groups -OCH3 is 1. The highest BCUT2D eigenvalue weighted by Gasteiger charge is 2.08. The Kier molecular flexibility index (Phi) is 6.36. The summed E-state index contributed by atoms with van der Waals surface area (Å²) in [6, 6.07) is 22.4. The van der Waals surface area contributed by atoms with E-state index < -0.39 is 0 Å². The molecule has 160 valence electrons. The van der Waals surface area contributed by atoms with Crippen LogP contribution < -0.4 is 15.4 Å². The smallest absolute Gasteiger partial charge is 0.251 e. The van der Waals surface area contributed by atoms with Gasteiger partial charge in [-0.3, -0.25) is 4.79 Å². The van der Waals surface area contributed by atoms with Gasteiger partial charge in [0, 0.05) is 29.6 Å². The Bertz CT molecular complexity index is 1210. The summed E-state index contributed by atoms with van der Waals surface area (Å²) in [5.74, 6) is 1.31. The van der Waals surface area contributed by atoms with Crippen molar-refractivity contribution in [2.75, 3.05) is 12.4 Å². The Hall–Kier alpha value is -4.26. The largest absolute Gasteiger partial charge is 0.497 e. The first-order valence-corrected chi connectivity index (χ1v) is 9.98. The van der Waals surface area contributed by atoms with Gasteiger partial charge in [0.2, 0.25) is 0 Å². The zero-order chi connectivity index (χ0) is 22.3. The van der Waals surface area contributed by atoms with Crippen LogP contribution in [0.5, 0.6) is 5.75 Å². The van der Waals surface area contributed by atoms with Crippen LogP contribution in [0.15, 0.2) is 85.1 Å². The summed E-state index contributed by atoms with van der Waals surface area (Å²) in [6.07, 6.45) is 1.62. The van der Waals surface area contributed by atoms with Gasteiger partial charge in [-0.25, -0.2) is 14.4 Å². The van der Waals surface area contributed by atoms with E-state index in [1.807, 2.05) is 30.3 Å². The second-order valence-electron chi connectivity index (χ2n) is 7.01. The highest BCUT2D eigenvalue weighted by molar-refractivity contribution is 5.95. The third-order valence-electron chi connectivity index (χ3n) is 4.77. The minimum absolute atomic E-state index is 0.181. The molecule has 0 unspecified atom stereocenters. The standard InChI is InChI=1S/C25H21FN4O2/c1-32-22-11-5-17(6-12-22)16-28-25(31)19-3-2-4-21(15-19)29-23-13-14-27-24(30-23)18-7-9-20(26)10-8-18/h2-15H,16H2,1H3,(H,28,31)(H,27,29,30). The Morgan fingerprint density at radius 2 is 1.78 bits per heavy atom. The molecule has 6 nitrogen and oxygen atoms in total. The van der Waals surface area contributed by atoms with E-state index in [9.17, 15) is 9.18 Å². The van der Waals surface area contributed by atoms with E-state index in [0.717, 1.165) is 11.3 Å². The Balaban J connectivity index is 1.43. The maximum atomic E-state index is 13.2. The average Bonchev–Trinajstić information content (AvgIpc) is 2.83. The van der Waals surface area contributed by atoms with Gasteiger partial charge in [0.1, 0.15) is 17.4 Å². The van der Waals surface area contributed by atoms with Crippen LogP contribution in [0.4, 0.5) is 15.9 Å². The Morgan fingerprint density at radius 3 is 2.53 bits per heavy atom. The van der Waals surface area contributed by atoms with Gasteiger partial charge in [-0.1, -0.05) is 18.2 Å². The molecule has 0 aliphatic heterocycles. The number of carbonyl (C=O) groups is 1. The fraction of sp³-hybridized carbons (Fsp3) is 0.0800. The van der Waals surface area contributed by atoms with E-state index >= 15 is 0 Å². The van der Waals surface area contributed by atoms with Gasteiger partial charge in [-0.2, -0.15) is 0 Å². The molecular weight excluding hydrogens is 407 g/mol. The lowest BCUT2D eigenvalue weighted by Gasteiger charge is -2.10. The molecule has 3 aromatic carbocycles. The number of carbonyl (C=O) groups excluding carboxylic acids is 1. The maximum Gasteiger partial charge on any atom is 0.251 e. The molecule has 4 aromatic rings. The lowest BCUT2D eigenvalue weighted by molar-refractivity contribution is 0.0951. The number of amides is 1. The first kappa shape index (κ1) is 21.0. The first-order valence-electron chi connectivity index (χ1n) is 9.98. The molecule has 1 amide bonds. The second-order valence-corrected chi connectivity index (χ2v) is 7.01. The summed E-state index contributed by atoms with van der Waals surface area (Å²) in [5.41, 5.74) is 2.92. The minimum atomic E-state index is -0.315. The van der Waals surface area contributed by atoms with Gasteiger partial charge in [-0.05, 0) is 66.2 Å². The predicted molar refractivity (Wildman–Crippen MR) is 121 cm³/mol. The maximum absolute atomic E-state index is 13.2. The van der Waals surface area contributed by atoms with Crippen LogP contribution in [0, 0.1) is 5.82 Å². The summed E-state index contributed by atoms with van der Waals surface area (Å²) >= 11 is 0. The van der Waals surface area contributed by atoms with Gasteiger partial charge in [0.15, 0.2) is 5.82 Å². The van der Waals surface area contributed by atoms with Crippen LogP contribution in [0.25, 0.3) is 11.4 Å². The molecule has 1 heterocycles. The highest BCUT2D eigenvalue weighted by Crippen LogP contribution is 2.20. The van der Waals surface area contributed by atoms with Gasteiger partial charge in [0.25, 0.3) is 5.91 Å². The molecule has 0 fully saturated rings. The normalized spacial score (nSPS) is 10.4. The monoisotopic (exact) mass is 428 g/mol. The molecular formula is C25H21FN4O2. The molecule has 32 heavy (non-hydrogen) atoms. The summed E-state index contributed by atoms with van der Waals surface area (Å²) < 4.78 is 18.3. The van der Waals surface area contributed by atoms with Gasteiger partial charge < -0.3 is 15.4 Å². The molecule has 0 spiro atoms. The third kappa shape index (κ3) is 5.26. The van der Waals surface area contributed by atoms with Crippen molar-refractivity contribution in [1.29, 1.82) is 0 Å². The van der Waals surface area contributed by atoms with Crippen molar-refractivity contribution in [3.63, 3.8) is 0 Å². The predicted octanol–water partition coefficient (Wildman–Crippen LogP) is 4.96. The van der Waals surface area contributed by atoms with E-state index in [2.05, 4.69) is 20.6 Å². The molecule has 0 saturated heterocycles. The number of benzene rings is 3. The summed E-state index contributed by atoms with van der Waals surface area (Å²) in [7, 11) is 1.61. The van der Waals surface area contributed by atoms with E-state index in [0.29, 0.717) is 35.0 Å². The number of aromatic nitrogens is 2. The van der Waals surface area contributed by atoms with E-state index in [1.54, 1.807) is 49.7 Å². The molecule has 0 radical (unpaired) electrons. The topological polar surface area (TPSA) is 76.1 Å². The van der Waals surface area contributed by atoms with Crippen molar-refractivity contribution in [3.8, 4) is 17.1 Å². The van der Waals surface area contributed by atoms with Crippen LogP contribution in [0.1, 0.15) is 15.9 Å². The van der Waals surface area contributed by atoms with Gasteiger partial charge >= 0.3 is 0 Å². The van der Waals surface area contributed by atoms with Crippen molar-refractivity contribution in [2.45, 2.75) is 6.54 Å². The zero-order valence-corrected chi connectivity index (χ0v) is 17.4. The average molecular weight is 428 g/mol. The zero-order valence-electron chi connectivity index (χ0n) is 17.4. The molecule has 2 N–H and O–H groups in total. The fourth-order valence-corrected chi connectivity index (χ4v) is 3.08. The van der Waals surface area contributed by atoms with E-state index in [1.165, 1.54) is 12.1 Å². The number of halogens is 1. The minimum Gasteiger partial charge on any atom is -0.497 e. The van der Waals surface area contributed by atoms with Crippen LogP contribution in [0.2, 0.25) is 0 Å². The lowest BCUT2D eigenvalue weighted by Crippen LogP contribution is -2.22. The highest BCUT2D eigenvalue weighted by atomic mass is 19.1. The third-order valence-corrected chi connectivity index (χ3v) is 4.77. The van der Waals surface area contributed by atoms with E-state index in [4.69, 9.17) is 4.74 Å². The summed E-state index contributed by atoms with van der Waals surface area (Å²) in [6.45, 7) is 0.410. The Labute approximate surface area is 185 Å². The van der Waals surface area contributed by atoms with E-state index in [-0.39, 0.29) is 11.7 Å². The number of nitrogens with one attached hydrogen (secondary N) is 2. The molecule has 0 aliphatic rings. The number of anilines is 2. The van der Waals surface area contributed by atoms with Crippen molar-refractivity contribution >= 4 is 17.4 Å². The molecule has 0 atom stereocenters. The summed E-state index contributed by atoms with van der Waals surface area (Å²) in [4.78, 5) is 21.3. The molecule has 4 rings (SSSR count). The number of hydrogen-bond acceptors (Lipinski definition) is 5. The second kappa shape index (κ2) is 9.70. The van der Waals surface area contributed by atoms with Crippen LogP contribution in [0.3, 0.4) is 0 Å². The van der Waals surface area contributed by atoms with Crippen molar-refractivity contribution in [3.05, 3.63) is 102 Å². The molecule has 0 aliphatic carbocycles. The van der Waals surface area contributed by atoms with Crippen LogP contribution in [-0.4, -0.2) is 23.0 Å². The molecule has 1 aromatic heterocycles. The summed E-state index contributed by atoms with van der Waals surface area (Å²) in [5, 5.41) is 6.10.